The van der Waals surface area contributed by atoms with Crippen LogP contribution in [0.3, 0.4) is 0 Å². The van der Waals surface area contributed by atoms with Crippen molar-refractivity contribution in [2.45, 2.75) is 99.3 Å². The minimum Gasteiger partial charge on any atom is -0.491 e. The van der Waals surface area contributed by atoms with Crippen molar-refractivity contribution in [1.82, 2.24) is 30.3 Å². The maximum atomic E-state index is 14.3. The normalized spacial score (nSPS) is 17.4. The van der Waals surface area contributed by atoms with E-state index in [1.54, 1.807) is 51.8 Å². The van der Waals surface area contributed by atoms with Gasteiger partial charge in [0.1, 0.15) is 47.9 Å². The summed E-state index contributed by atoms with van der Waals surface area (Å²) in [5.41, 5.74) is 6.93. The summed E-state index contributed by atoms with van der Waals surface area (Å²) in [6, 6.07) is 22.4. The fourth-order valence-electron chi connectivity index (χ4n) is 9.11. The fraction of sp³-hybridized carbons (Fsp3) is 0.389. The third-order valence-corrected chi connectivity index (χ3v) is 15.5. The first-order valence-electron chi connectivity index (χ1n) is 23.9. The van der Waals surface area contributed by atoms with Crippen LogP contribution in [-0.4, -0.2) is 87.5 Å². The summed E-state index contributed by atoms with van der Waals surface area (Å²) in [7, 11) is 0. The van der Waals surface area contributed by atoms with Gasteiger partial charge >= 0.3 is 0 Å². The van der Waals surface area contributed by atoms with Gasteiger partial charge in [-0.25, -0.2) is 0 Å². The number of rotatable bonds is 16. The molecule has 2 aliphatic heterocycles. The lowest BCUT2D eigenvalue weighted by molar-refractivity contribution is -0.144. The van der Waals surface area contributed by atoms with E-state index in [2.05, 4.69) is 70.5 Å². The highest BCUT2D eigenvalue weighted by Gasteiger charge is 2.44. The van der Waals surface area contributed by atoms with Gasteiger partial charge in [-0.15, -0.1) is 32.9 Å². The zero-order valence-electron chi connectivity index (χ0n) is 41.6. The number of thiophene rings is 2. The number of anilines is 1. The molecule has 4 amide bonds. The first-order valence-corrected chi connectivity index (χ1v) is 25.9. The highest BCUT2D eigenvalue weighted by Crippen LogP contribution is 2.40. The van der Waals surface area contributed by atoms with E-state index >= 15 is 0 Å². The van der Waals surface area contributed by atoms with Gasteiger partial charge in [0.15, 0.2) is 5.82 Å². The number of likely N-dealkylation sites (tertiary alicyclic amines) is 1. The zero-order valence-corrected chi connectivity index (χ0v) is 44.0. The van der Waals surface area contributed by atoms with E-state index in [9.17, 15) is 19.2 Å². The number of halogens is 1. The number of fused-ring (bicyclic) bond motifs is 3. The fourth-order valence-corrected chi connectivity index (χ4v) is 11.4. The summed E-state index contributed by atoms with van der Waals surface area (Å²) >= 11 is 9.62. The smallest absolute Gasteiger partial charge is 0.246 e. The summed E-state index contributed by atoms with van der Waals surface area (Å²) < 4.78 is 13.7. The molecule has 3 aromatic carbocycles. The van der Waals surface area contributed by atoms with Crippen LogP contribution in [0.15, 0.2) is 89.2 Å². The Morgan fingerprint density at radius 2 is 1.63 bits per heavy atom. The molecule has 5 atom stereocenters. The summed E-state index contributed by atoms with van der Waals surface area (Å²) in [6.07, 6.45) is 0.524. The second-order valence-corrected chi connectivity index (χ2v) is 22.1. The van der Waals surface area contributed by atoms with E-state index in [-0.39, 0.29) is 55.9 Å². The van der Waals surface area contributed by atoms with Crippen LogP contribution in [0.2, 0.25) is 5.02 Å². The molecule has 3 N–H and O–H groups in total. The molecule has 14 nitrogen and oxygen atoms in total. The van der Waals surface area contributed by atoms with Crippen LogP contribution in [0.5, 0.6) is 5.75 Å². The lowest BCUT2D eigenvalue weighted by Crippen LogP contribution is -2.58. The Labute approximate surface area is 428 Å². The van der Waals surface area contributed by atoms with Gasteiger partial charge < -0.3 is 30.3 Å². The minimum absolute atomic E-state index is 0.00342. The third-order valence-electron chi connectivity index (χ3n) is 13.0. The van der Waals surface area contributed by atoms with Gasteiger partial charge in [0.05, 0.1) is 24.8 Å². The molecule has 2 unspecified atom stereocenters. The van der Waals surface area contributed by atoms with Crippen molar-refractivity contribution in [3.8, 4) is 21.2 Å². The number of aromatic nitrogens is 3. The monoisotopic (exact) mass is 1020 g/mol. The Morgan fingerprint density at radius 1 is 0.901 bits per heavy atom. The van der Waals surface area contributed by atoms with Crippen molar-refractivity contribution < 1.29 is 28.7 Å². The number of nitrogens with one attached hydrogen (secondary N) is 3. The van der Waals surface area contributed by atoms with Crippen molar-refractivity contribution in [2.75, 3.05) is 31.7 Å². The van der Waals surface area contributed by atoms with Crippen molar-refractivity contribution in [1.29, 1.82) is 0 Å². The molecule has 0 bridgehead atoms. The Balaban J connectivity index is 0.831. The standard InChI is InChI=1S/C54H61ClN8O6S2/c1-30-25-43(51(66)56-33(4)36-13-15-38(16-14-36)48-31(2)21-24-70-48)62(28-30)52(67)49(54(7,8)9)59-45(65)29-68-22-23-69-41-12-10-11-40(26-41)57-44(64)27-42-50-61-60-35(6)63(50)53-46(32(3)34(5)71-53)47(58-42)37-17-19-39(55)20-18-37/h10-21,24,26,30,33,42-43,49H,22-23,25,27-29H2,1-9H3,(H,56,66)(H,57,64)(H,59,65)/t30-,33?,42?,43+,49-/m1/s1. The molecular formula is C54H61ClN8O6S2. The van der Waals surface area contributed by atoms with Crippen molar-refractivity contribution in [2.24, 2.45) is 16.3 Å². The Kier molecular flexibility index (Phi) is 15.6. The van der Waals surface area contributed by atoms with E-state index in [0.29, 0.717) is 41.1 Å². The molecule has 0 saturated carbocycles. The third kappa shape index (κ3) is 11.6. The highest BCUT2D eigenvalue weighted by molar-refractivity contribution is 7.15. The van der Waals surface area contributed by atoms with Gasteiger partial charge in [-0.05, 0) is 110 Å². The van der Waals surface area contributed by atoms with Gasteiger partial charge in [0, 0.05) is 44.2 Å². The first-order chi connectivity index (χ1) is 33.9. The number of aliphatic imine (C=N–C) groups is 1. The number of aryl methyl sites for hydroxylation is 3. The van der Waals surface area contributed by atoms with Crippen LogP contribution in [0.1, 0.15) is 104 Å². The molecule has 0 spiro atoms. The predicted octanol–water partition coefficient (Wildman–Crippen LogP) is 9.91. The average molecular weight is 1020 g/mol. The molecule has 17 heteroatoms. The SMILES string of the molecule is Cc1ccsc1-c1ccc(C(C)NC(=O)[C@@H]2C[C@@H](C)CN2C(=O)[C@@H](NC(=O)COCCOc2cccc(NC(=O)CC3N=C(c4ccc(Cl)cc4)c4c(sc(C)c4C)-n4c(C)nnc43)c2)C(C)(C)C)cc1. The van der Waals surface area contributed by atoms with Gasteiger partial charge in [0.25, 0.3) is 0 Å². The Hall–Kier alpha value is -6.20. The largest absolute Gasteiger partial charge is 0.491 e. The number of amides is 4. The van der Waals surface area contributed by atoms with Crippen LogP contribution in [0, 0.1) is 39.0 Å². The molecule has 0 radical (unpaired) electrons. The molecule has 8 rings (SSSR count). The summed E-state index contributed by atoms with van der Waals surface area (Å²) in [5, 5.41) is 21.6. The van der Waals surface area contributed by atoms with E-state index in [4.69, 9.17) is 26.1 Å². The Bertz CT molecular complexity index is 2960. The van der Waals surface area contributed by atoms with Gasteiger partial charge in [-0.1, -0.05) is 81.8 Å². The lowest BCUT2D eigenvalue weighted by atomic mass is 9.85. The van der Waals surface area contributed by atoms with E-state index in [1.807, 2.05) is 82.5 Å². The average Bonchev–Trinajstić information content (AvgIpc) is 4.10. The number of hydrogen-bond donors (Lipinski definition) is 3. The molecule has 3 aromatic heterocycles. The van der Waals surface area contributed by atoms with Crippen molar-refractivity contribution >= 4 is 69.3 Å². The van der Waals surface area contributed by atoms with E-state index in [1.165, 1.54) is 10.4 Å². The van der Waals surface area contributed by atoms with E-state index < -0.39 is 29.4 Å². The van der Waals surface area contributed by atoms with Crippen molar-refractivity contribution in [3.05, 3.63) is 134 Å². The second kappa shape index (κ2) is 21.7. The summed E-state index contributed by atoms with van der Waals surface area (Å²) in [6.45, 7) is 18.1. The molecule has 71 heavy (non-hydrogen) atoms. The predicted molar refractivity (Wildman–Crippen MR) is 281 cm³/mol. The molecule has 0 aliphatic carbocycles. The molecule has 6 aromatic rings. The van der Waals surface area contributed by atoms with Gasteiger partial charge in [-0.3, -0.25) is 28.7 Å². The maximum Gasteiger partial charge on any atom is 0.246 e. The highest BCUT2D eigenvalue weighted by atomic mass is 35.5. The van der Waals surface area contributed by atoms with Crippen molar-refractivity contribution in [3.63, 3.8) is 0 Å². The van der Waals surface area contributed by atoms with Crippen LogP contribution in [-0.2, 0) is 23.9 Å². The molecule has 2 aliphatic rings. The van der Waals surface area contributed by atoms with Gasteiger partial charge in [0.2, 0.25) is 23.6 Å². The number of nitrogens with zero attached hydrogens (tertiary/aromatic N) is 5. The second-order valence-electron chi connectivity index (χ2n) is 19.6. The zero-order chi connectivity index (χ0) is 50.7. The topological polar surface area (TPSA) is 169 Å². The molecular weight excluding hydrogens is 956 g/mol. The van der Waals surface area contributed by atoms with Gasteiger partial charge in [-0.2, -0.15) is 0 Å². The molecule has 5 heterocycles. The number of carbonyl (C=O) groups excluding carboxylic acids is 4. The lowest BCUT2D eigenvalue weighted by Gasteiger charge is -2.35. The minimum atomic E-state index is -0.899. The number of carbonyl (C=O) groups is 4. The van der Waals surface area contributed by atoms with Crippen LogP contribution >= 0.6 is 34.3 Å². The number of ether oxygens (including phenoxy) is 2. The quantitative estimate of drug-likeness (QED) is 0.0805. The first kappa shape index (κ1) is 51.2. The van der Waals surface area contributed by atoms with Crippen LogP contribution in [0.4, 0.5) is 5.69 Å². The molecule has 372 valence electrons. The summed E-state index contributed by atoms with van der Waals surface area (Å²) in [4.78, 5) is 64.4. The number of hydrogen-bond acceptors (Lipinski definition) is 11. The number of benzene rings is 3. The van der Waals surface area contributed by atoms with E-state index in [0.717, 1.165) is 43.4 Å². The van der Waals surface area contributed by atoms with Crippen LogP contribution < -0.4 is 20.7 Å². The Morgan fingerprint density at radius 3 is 2.34 bits per heavy atom. The molecule has 1 saturated heterocycles. The summed E-state index contributed by atoms with van der Waals surface area (Å²) in [5.74, 6) is 0.622. The maximum absolute atomic E-state index is 14.3. The molecule has 1 fully saturated rings. The van der Waals surface area contributed by atoms with Crippen LogP contribution in [0.25, 0.3) is 15.4 Å².